The van der Waals surface area contributed by atoms with Gasteiger partial charge < -0.3 is 19.9 Å². The summed E-state index contributed by atoms with van der Waals surface area (Å²) in [6.07, 6.45) is -2.18. The smallest absolute Gasteiger partial charge is 0.384 e. The monoisotopic (exact) mass is 438 g/mol. The number of rotatable bonds is 5. The lowest BCUT2D eigenvalue weighted by Crippen LogP contribution is -2.46. The van der Waals surface area contributed by atoms with E-state index >= 15 is 0 Å². The Bertz CT molecular complexity index is 829. The van der Waals surface area contributed by atoms with E-state index in [-0.39, 0.29) is 22.9 Å². The molecule has 0 aliphatic carbocycles. The molecule has 0 radical (unpaired) electrons. The van der Waals surface area contributed by atoms with Crippen LogP contribution in [0, 0.1) is 22.7 Å². The predicted octanol–water partition coefficient (Wildman–Crippen LogP) is 3.86. The Morgan fingerprint density at radius 1 is 1.35 bits per heavy atom. The van der Waals surface area contributed by atoms with Gasteiger partial charge >= 0.3 is 12.2 Å². The van der Waals surface area contributed by atoms with Gasteiger partial charge in [0.15, 0.2) is 0 Å². The molecule has 2 aliphatic rings. The minimum Gasteiger partial charge on any atom is -0.384 e. The number of nitriles is 1. The molecule has 3 rings (SSSR count). The van der Waals surface area contributed by atoms with Gasteiger partial charge in [-0.1, -0.05) is 6.92 Å². The molecule has 1 unspecified atom stereocenters. The molecule has 0 saturated carbocycles. The van der Waals surface area contributed by atoms with E-state index in [2.05, 4.69) is 5.32 Å². The highest BCUT2D eigenvalue weighted by Gasteiger charge is 2.49. The van der Waals surface area contributed by atoms with E-state index in [0.717, 1.165) is 25.3 Å². The van der Waals surface area contributed by atoms with Crippen LogP contribution in [0.3, 0.4) is 0 Å². The number of hydrogen-bond donors (Lipinski definition) is 1. The van der Waals surface area contributed by atoms with Crippen molar-refractivity contribution in [3.63, 3.8) is 0 Å². The topological polar surface area (TPSA) is 68.6 Å². The summed E-state index contributed by atoms with van der Waals surface area (Å²) in [5.41, 5.74) is -0.894. The molecule has 1 N–H and O–H groups in total. The van der Waals surface area contributed by atoms with Crippen LogP contribution in [-0.2, 0) is 10.9 Å². The fourth-order valence-electron chi connectivity index (χ4n) is 4.80. The predicted molar refractivity (Wildman–Crippen MR) is 111 cm³/mol. The number of anilines is 1. The third-order valence-electron chi connectivity index (χ3n) is 6.55. The average Bonchev–Trinajstić information content (AvgIpc) is 3.09. The summed E-state index contributed by atoms with van der Waals surface area (Å²) in [4.78, 5) is 16.3. The van der Waals surface area contributed by atoms with Gasteiger partial charge in [0.1, 0.15) is 0 Å². The number of ether oxygens (including phenoxy) is 1. The van der Waals surface area contributed by atoms with Crippen molar-refractivity contribution < 1.29 is 22.7 Å². The lowest BCUT2D eigenvalue weighted by atomic mass is 9.71. The summed E-state index contributed by atoms with van der Waals surface area (Å²) >= 11 is 0. The number of likely N-dealkylation sites (tertiary alicyclic amines) is 1. The van der Waals surface area contributed by atoms with Gasteiger partial charge in [-0.15, -0.1) is 0 Å². The highest BCUT2D eigenvalue weighted by Crippen LogP contribution is 2.46. The van der Waals surface area contributed by atoms with Crippen LogP contribution in [0.2, 0.25) is 0 Å². The number of halogens is 3. The fraction of sp³-hybridized carbons (Fsp3) is 0.636. The number of carbonyl (C=O) groups is 1. The molecule has 2 saturated heterocycles. The third-order valence-corrected chi connectivity index (χ3v) is 6.55. The fourth-order valence-corrected chi connectivity index (χ4v) is 4.80. The summed E-state index contributed by atoms with van der Waals surface area (Å²) in [5, 5.41) is 11.9. The number of urea groups is 1. The van der Waals surface area contributed by atoms with Crippen LogP contribution in [0.15, 0.2) is 18.2 Å². The Morgan fingerprint density at radius 3 is 2.65 bits per heavy atom. The molecule has 2 heterocycles. The van der Waals surface area contributed by atoms with Crippen LogP contribution >= 0.6 is 0 Å². The molecule has 2 amide bonds. The number of amides is 2. The molecule has 1 aromatic rings. The van der Waals surface area contributed by atoms with E-state index < -0.39 is 11.7 Å². The summed E-state index contributed by atoms with van der Waals surface area (Å²) in [5.74, 6) is 0.193. The van der Waals surface area contributed by atoms with Crippen molar-refractivity contribution in [3.05, 3.63) is 29.3 Å². The normalized spacial score (nSPS) is 20.7. The lowest BCUT2D eigenvalue weighted by Gasteiger charge is -2.43. The Morgan fingerprint density at radius 2 is 2.06 bits per heavy atom. The summed E-state index contributed by atoms with van der Waals surface area (Å²) in [6, 6.07) is 5.45. The van der Waals surface area contributed by atoms with Gasteiger partial charge in [-0.25, -0.2) is 4.79 Å². The second kappa shape index (κ2) is 9.35. The standard InChI is InChI=1S/C22H29F3N4O2/c1-3-8-27-20(30)29-13-17(14-31-2)21(15-29)6-9-28(10-7-21)18-5-4-16(12-26)19(11-18)22(23,24)25/h4-5,11,17H,3,6-10,13-15H2,1-2H3,(H,27,30). The largest absolute Gasteiger partial charge is 0.417 e. The quantitative estimate of drug-likeness (QED) is 0.758. The molecule has 31 heavy (non-hydrogen) atoms. The van der Waals surface area contributed by atoms with E-state index in [0.29, 0.717) is 45.0 Å². The third kappa shape index (κ3) is 4.90. The van der Waals surface area contributed by atoms with Crippen LogP contribution in [0.4, 0.5) is 23.7 Å². The first-order valence-corrected chi connectivity index (χ1v) is 10.6. The first-order valence-electron chi connectivity index (χ1n) is 10.6. The van der Waals surface area contributed by atoms with Crippen LogP contribution in [0.25, 0.3) is 0 Å². The molecule has 6 nitrogen and oxygen atoms in total. The zero-order valence-electron chi connectivity index (χ0n) is 18.0. The van der Waals surface area contributed by atoms with Crippen molar-refractivity contribution in [2.45, 2.75) is 32.4 Å². The zero-order valence-corrected chi connectivity index (χ0v) is 18.0. The second-order valence-corrected chi connectivity index (χ2v) is 8.45. The van der Waals surface area contributed by atoms with Crippen LogP contribution in [-0.4, -0.2) is 57.4 Å². The van der Waals surface area contributed by atoms with Crippen molar-refractivity contribution in [1.29, 1.82) is 5.26 Å². The molecule has 2 fully saturated rings. The number of benzene rings is 1. The minimum absolute atomic E-state index is 0.0656. The van der Waals surface area contributed by atoms with Gasteiger partial charge in [0.2, 0.25) is 0 Å². The van der Waals surface area contributed by atoms with Gasteiger partial charge in [0.05, 0.1) is 23.8 Å². The molecule has 9 heteroatoms. The molecule has 0 bridgehead atoms. The SMILES string of the molecule is CCCNC(=O)N1CC(COC)C2(CCN(c3ccc(C#N)c(C(F)(F)F)c3)CC2)C1. The van der Waals surface area contributed by atoms with Crippen molar-refractivity contribution >= 4 is 11.7 Å². The lowest BCUT2D eigenvalue weighted by molar-refractivity contribution is -0.137. The van der Waals surface area contributed by atoms with E-state index in [1.165, 1.54) is 6.07 Å². The van der Waals surface area contributed by atoms with Crippen LogP contribution < -0.4 is 10.2 Å². The Hall–Kier alpha value is -2.47. The number of hydrogen-bond acceptors (Lipinski definition) is 4. The summed E-state index contributed by atoms with van der Waals surface area (Å²) < 4.78 is 45.4. The van der Waals surface area contributed by atoms with Crippen molar-refractivity contribution in [3.8, 4) is 6.07 Å². The van der Waals surface area contributed by atoms with Crippen molar-refractivity contribution in [2.24, 2.45) is 11.3 Å². The number of piperidine rings is 1. The molecule has 1 spiro atoms. The molecule has 1 atom stereocenters. The number of alkyl halides is 3. The van der Waals surface area contributed by atoms with Crippen molar-refractivity contribution in [1.82, 2.24) is 10.2 Å². The maximum absolute atomic E-state index is 13.3. The average molecular weight is 438 g/mol. The Labute approximate surface area is 180 Å². The molecule has 0 aromatic heterocycles. The van der Waals surface area contributed by atoms with E-state index in [1.807, 2.05) is 16.7 Å². The van der Waals surface area contributed by atoms with E-state index in [9.17, 15) is 18.0 Å². The number of carbonyl (C=O) groups excluding carboxylic acids is 1. The molecule has 2 aliphatic heterocycles. The Balaban J connectivity index is 1.74. The number of nitrogens with zero attached hydrogens (tertiary/aromatic N) is 3. The van der Waals surface area contributed by atoms with Gasteiger partial charge in [-0.2, -0.15) is 18.4 Å². The van der Waals surface area contributed by atoms with Gasteiger partial charge in [0, 0.05) is 51.4 Å². The van der Waals surface area contributed by atoms with E-state index in [1.54, 1.807) is 19.2 Å². The first-order chi connectivity index (χ1) is 14.7. The van der Waals surface area contributed by atoms with Crippen LogP contribution in [0.1, 0.15) is 37.3 Å². The molecule has 1 aromatic carbocycles. The highest BCUT2D eigenvalue weighted by atomic mass is 19.4. The maximum atomic E-state index is 13.3. The Kier molecular flexibility index (Phi) is 6.99. The van der Waals surface area contributed by atoms with Crippen molar-refractivity contribution in [2.75, 3.05) is 51.3 Å². The molecular formula is C22H29F3N4O2. The summed E-state index contributed by atoms with van der Waals surface area (Å²) in [7, 11) is 1.65. The van der Waals surface area contributed by atoms with Crippen LogP contribution in [0.5, 0.6) is 0 Å². The van der Waals surface area contributed by atoms with Gasteiger partial charge in [-0.3, -0.25) is 0 Å². The molecule has 170 valence electrons. The molecular weight excluding hydrogens is 409 g/mol. The van der Waals surface area contributed by atoms with Gasteiger partial charge in [-0.05, 0) is 42.9 Å². The first kappa shape index (κ1) is 23.2. The number of methoxy groups -OCH3 is 1. The maximum Gasteiger partial charge on any atom is 0.417 e. The second-order valence-electron chi connectivity index (χ2n) is 8.45. The highest BCUT2D eigenvalue weighted by molar-refractivity contribution is 5.74. The van der Waals surface area contributed by atoms with E-state index in [4.69, 9.17) is 10.00 Å². The minimum atomic E-state index is -4.57. The summed E-state index contributed by atoms with van der Waals surface area (Å²) in [6.45, 7) is 5.62. The number of nitrogens with one attached hydrogen (secondary N) is 1. The van der Waals surface area contributed by atoms with Gasteiger partial charge in [0.25, 0.3) is 0 Å². The zero-order chi connectivity index (χ0) is 22.6.